The molecule has 0 saturated carbocycles. The fourth-order valence-electron chi connectivity index (χ4n) is 3.35. The SMILES string of the molecule is COc1ccccc1CCNC(=O)C(C)(C)N1CCN(C(=O)OC(C)(C)C)CC1. The first-order valence-electron chi connectivity index (χ1n) is 10.2. The molecular formula is C22H35N3O4. The van der Waals surface area contributed by atoms with Crippen molar-refractivity contribution < 1.29 is 19.1 Å². The first-order chi connectivity index (χ1) is 13.5. The Morgan fingerprint density at radius 2 is 1.66 bits per heavy atom. The predicted octanol–water partition coefficient (Wildman–Crippen LogP) is 2.69. The van der Waals surface area contributed by atoms with Gasteiger partial charge in [0.1, 0.15) is 11.4 Å². The summed E-state index contributed by atoms with van der Waals surface area (Å²) in [6.07, 6.45) is 0.411. The third-order valence-electron chi connectivity index (χ3n) is 5.15. The molecule has 2 amide bonds. The predicted molar refractivity (Wildman–Crippen MR) is 113 cm³/mol. The average molecular weight is 406 g/mol. The van der Waals surface area contributed by atoms with Crippen molar-refractivity contribution in [3.8, 4) is 5.75 Å². The molecule has 7 heteroatoms. The number of hydrogen-bond donors (Lipinski definition) is 1. The molecule has 1 aromatic carbocycles. The molecule has 1 N–H and O–H groups in total. The molecule has 1 fully saturated rings. The Bertz CT molecular complexity index is 704. The Balaban J connectivity index is 1.84. The van der Waals surface area contributed by atoms with E-state index in [-0.39, 0.29) is 12.0 Å². The van der Waals surface area contributed by atoms with E-state index < -0.39 is 11.1 Å². The van der Waals surface area contributed by atoms with Crippen molar-refractivity contribution in [2.45, 2.75) is 52.2 Å². The van der Waals surface area contributed by atoms with Gasteiger partial charge in [-0.3, -0.25) is 9.69 Å². The Morgan fingerprint density at radius 3 is 2.24 bits per heavy atom. The summed E-state index contributed by atoms with van der Waals surface area (Å²) in [5.41, 5.74) is -0.0885. The first-order valence-corrected chi connectivity index (χ1v) is 10.2. The number of carbonyl (C=O) groups excluding carboxylic acids is 2. The van der Waals surface area contributed by atoms with Gasteiger partial charge in [-0.2, -0.15) is 0 Å². The molecule has 7 nitrogen and oxygen atoms in total. The van der Waals surface area contributed by atoms with Crippen molar-refractivity contribution in [3.05, 3.63) is 29.8 Å². The lowest BCUT2D eigenvalue weighted by Crippen LogP contribution is -2.61. The number of carbonyl (C=O) groups is 2. The van der Waals surface area contributed by atoms with Crippen molar-refractivity contribution >= 4 is 12.0 Å². The summed E-state index contributed by atoms with van der Waals surface area (Å²) >= 11 is 0. The molecule has 1 aromatic rings. The Hall–Kier alpha value is -2.28. The zero-order valence-corrected chi connectivity index (χ0v) is 18.6. The highest BCUT2D eigenvalue weighted by molar-refractivity contribution is 5.85. The van der Waals surface area contributed by atoms with E-state index in [0.717, 1.165) is 11.3 Å². The molecule has 0 bridgehead atoms. The summed E-state index contributed by atoms with van der Waals surface area (Å²) in [5, 5.41) is 3.04. The topological polar surface area (TPSA) is 71.1 Å². The van der Waals surface area contributed by atoms with Gasteiger partial charge in [-0.1, -0.05) is 18.2 Å². The fraction of sp³-hybridized carbons (Fsp3) is 0.636. The summed E-state index contributed by atoms with van der Waals surface area (Å²) < 4.78 is 10.8. The maximum absolute atomic E-state index is 12.8. The van der Waals surface area contributed by atoms with E-state index in [2.05, 4.69) is 10.2 Å². The highest BCUT2D eigenvalue weighted by Crippen LogP contribution is 2.20. The van der Waals surface area contributed by atoms with Crippen LogP contribution in [-0.4, -0.2) is 72.8 Å². The lowest BCUT2D eigenvalue weighted by atomic mass is 10.00. The van der Waals surface area contributed by atoms with Gasteiger partial charge in [-0.25, -0.2) is 4.79 Å². The largest absolute Gasteiger partial charge is 0.496 e. The number of nitrogens with zero attached hydrogens (tertiary/aromatic N) is 2. The molecular weight excluding hydrogens is 370 g/mol. The summed E-state index contributed by atoms with van der Waals surface area (Å²) in [4.78, 5) is 28.9. The molecule has 1 aliphatic rings. The van der Waals surface area contributed by atoms with Crippen LogP contribution in [0.4, 0.5) is 4.79 Å². The van der Waals surface area contributed by atoms with Crippen LogP contribution >= 0.6 is 0 Å². The minimum absolute atomic E-state index is 0.0156. The van der Waals surface area contributed by atoms with Crippen molar-refractivity contribution in [2.24, 2.45) is 0 Å². The second-order valence-electron chi connectivity index (χ2n) is 8.83. The summed E-state index contributed by atoms with van der Waals surface area (Å²) in [5.74, 6) is 0.817. The number of piperazine rings is 1. The van der Waals surface area contributed by atoms with Gasteiger partial charge in [0.2, 0.25) is 5.91 Å². The molecule has 0 aromatic heterocycles. The zero-order valence-electron chi connectivity index (χ0n) is 18.6. The van der Waals surface area contributed by atoms with E-state index in [1.54, 1.807) is 12.0 Å². The number of nitrogens with one attached hydrogen (secondary N) is 1. The van der Waals surface area contributed by atoms with Crippen LogP contribution in [0.15, 0.2) is 24.3 Å². The van der Waals surface area contributed by atoms with E-state index in [1.807, 2.05) is 58.9 Å². The van der Waals surface area contributed by atoms with Crippen LogP contribution in [0, 0.1) is 0 Å². The van der Waals surface area contributed by atoms with Gasteiger partial charge in [0, 0.05) is 32.7 Å². The number of para-hydroxylation sites is 1. The van der Waals surface area contributed by atoms with Gasteiger partial charge in [0.05, 0.1) is 12.6 Å². The van der Waals surface area contributed by atoms with E-state index in [1.165, 1.54) is 0 Å². The van der Waals surface area contributed by atoms with Crippen molar-refractivity contribution in [1.29, 1.82) is 0 Å². The van der Waals surface area contributed by atoms with Gasteiger partial charge in [0.25, 0.3) is 0 Å². The van der Waals surface area contributed by atoms with E-state index in [0.29, 0.717) is 39.1 Å². The number of hydrogen-bond acceptors (Lipinski definition) is 5. The minimum atomic E-state index is -0.652. The van der Waals surface area contributed by atoms with Crippen molar-refractivity contribution in [1.82, 2.24) is 15.1 Å². The first kappa shape index (κ1) is 23.0. The van der Waals surface area contributed by atoms with Gasteiger partial charge in [-0.05, 0) is 52.7 Å². The molecule has 162 valence electrons. The third kappa shape index (κ3) is 6.35. The molecule has 2 rings (SSSR count). The number of amides is 2. The van der Waals surface area contributed by atoms with E-state index >= 15 is 0 Å². The maximum Gasteiger partial charge on any atom is 0.410 e. The Labute approximate surface area is 174 Å². The van der Waals surface area contributed by atoms with Crippen molar-refractivity contribution in [2.75, 3.05) is 39.8 Å². The molecule has 29 heavy (non-hydrogen) atoms. The Morgan fingerprint density at radius 1 is 1.03 bits per heavy atom. The zero-order chi connectivity index (χ0) is 21.7. The van der Waals surface area contributed by atoms with Gasteiger partial charge in [0.15, 0.2) is 0 Å². The number of methoxy groups -OCH3 is 1. The number of benzene rings is 1. The van der Waals surface area contributed by atoms with Gasteiger partial charge >= 0.3 is 6.09 Å². The van der Waals surface area contributed by atoms with Crippen LogP contribution in [0.25, 0.3) is 0 Å². The lowest BCUT2D eigenvalue weighted by molar-refractivity contribution is -0.132. The maximum atomic E-state index is 12.8. The second-order valence-corrected chi connectivity index (χ2v) is 8.83. The molecule has 1 aliphatic heterocycles. The Kier molecular flexibility index (Phi) is 7.52. The molecule has 0 spiro atoms. The fourth-order valence-corrected chi connectivity index (χ4v) is 3.35. The molecule has 0 radical (unpaired) electrons. The number of ether oxygens (including phenoxy) is 2. The van der Waals surface area contributed by atoms with Crippen molar-refractivity contribution in [3.63, 3.8) is 0 Å². The van der Waals surface area contributed by atoms with Crippen LogP contribution in [-0.2, 0) is 16.0 Å². The molecule has 1 saturated heterocycles. The van der Waals surface area contributed by atoms with Crippen LogP contribution in [0.5, 0.6) is 5.75 Å². The van der Waals surface area contributed by atoms with Gasteiger partial charge < -0.3 is 19.7 Å². The summed E-state index contributed by atoms with van der Waals surface area (Å²) in [6, 6.07) is 7.83. The minimum Gasteiger partial charge on any atom is -0.496 e. The van der Waals surface area contributed by atoms with Gasteiger partial charge in [-0.15, -0.1) is 0 Å². The highest BCUT2D eigenvalue weighted by Gasteiger charge is 2.37. The molecule has 0 aliphatic carbocycles. The quantitative estimate of drug-likeness (QED) is 0.788. The highest BCUT2D eigenvalue weighted by atomic mass is 16.6. The smallest absolute Gasteiger partial charge is 0.410 e. The van der Waals surface area contributed by atoms with E-state index in [4.69, 9.17) is 9.47 Å². The van der Waals surface area contributed by atoms with E-state index in [9.17, 15) is 9.59 Å². The summed E-state index contributed by atoms with van der Waals surface area (Å²) in [6.45, 7) is 12.3. The van der Waals surface area contributed by atoms with Crippen LogP contribution in [0.1, 0.15) is 40.2 Å². The molecule has 1 heterocycles. The summed E-state index contributed by atoms with van der Waals surface area (Å²) in [7, 11) is 1.65. The van der Waals surface area contributed by atoms with Crippen LogP contribution in [0.2, 0.25) is 0 Å². The average Bonchev–Trinajstić information content (AvgIpc) is 2.67. The second kappa shape index (κ2) is 9.48. The lowest BCUT2D eigenvalue weighted by Gasteiger charge is -2.43. The molecule has 0 unspecified atom stereocenters. The van der Waals surface area contributed by atoms with Crippen LogP contribution < -0.4 is 10.1 Å². The molecule has 0 atom stereocenters. The monoisotopic (exact) mass is 405 g/mol. The number of rotatable bonds is 6. The normalized spacial score (nSPS) is 15.7. The van der Waals surface area contributed by atoms with Crippen LogP contribution in [0.3, 0.4) is 0 Å². The third-order valence-corrected chi connectivity index (χ3v) is 5.15. The standard InChI is InChI=1S/C22H35N3O4/c1-21(2,3)29-20(27)24-13-15-25(16-14-24)22(4,5)19(26)23-12-11-17-9-7-8-10-18(17)28-6/h7-10H,11-16H2,1-6H3,(H,23,26).